The van der Waals surface area contributed by atoms with Gasteiger partial charge in [0.25, 0.3) is 0 Å². The van der Waals surface area contributed by atoms with Gasteiger partial charge in [-0.2, -0.15) is 0 Å². The topological polar surface area (TPSA) is 52.5 Å². The molecule has 0 unspecified atom stereocenters. The third-order valence-corrected chi connectivity index (χ3v) is 3.78. The van der Waals surface area contributed by atoms with Gasteiger partial charge in [0.2, 0.25) is 0 Å². The van der Waals surface area contributed by atoms with Gasteiger partial charge in [0.1, 0.15) is 0 Å². The molecule has 0 radical (unpaired) electrons. The van der Waals surface area contributed by atoms with Crippen LogP contribution in [0, 0.1) is 0 Å². The first-order valence-electron chi connectivity index (χ1n) is 8.84. The summed E-state index contributed by atoms with van der Waals surface area (Å²) in [6.07, 6.45) is 16.6. The van der Waals surface area contributed by atoms with Crippen molar-refractivity contribution in [3.05, 3.63) is 0 Å². The highest BCUT2D eigenvalue weighted by Crippen LogP contribution is 2.12. The van der Waals surface area contributed by atoms with E-state index in [9.17, 15) is 0 Å². The number of hydrogen-bond donors (Lipinski definition) is 3. The number of aliphatic hydroxyl groups is 2. The van der Waals surface area contributed by atoms with E-state index in [1.54, 1.807) is 0 Å². The van der Waals surface area contributed by atoms with Crippen molar-refractivity contribution in [2.45, 2.75) is 96.7 Å². The maximum atomic E-state index is 8.65. The van der Waals surface area contributed by atoms with Gasteiger partial charge in [0, 0.05) is 6.54 Å². The molecular formula is C17H37NO2. The lowest BCUT2D eigenvalue weighted by Crippen LogP contribution is -2.26. The smallest absolute Gasteiger partial charge is 0.164 e. The number of rotatable bonds is 16. The lowest BCUT2D eigenvalue weighted by atomic mass is 10.0. The molecular weight excluding hydrogens is 250 g/mol. The fraction of sp³-hybridized carbons (Fsp3) is 1.00. The molecule has 0 saturated carbocycles. The molecule has 0 amide bonds. The van der Waals surface area contributed by atoms with E-state index in [2.05, 4.69) is 12.2 Å². The van der Waals surface area contributed by atoms with Crippen LogP contribution in [0.5, 0.6) is 0 Å². The maximum absolute atomic E-state index is 8.65. The molecule has 0 heterocycles. The molecule has 122 valence electrons. The summed E-state index contributed by atoms with van der Waals surface area (Å²) in [5.41, 5.74) is 0. The lowest BCUT2D eigenvalue weighted by Gasteiger charge is -2.06. The predicted molar refractivity (Wildman–Crippen MR) is 86.8 cm³/mol. The first-order chi connectivity index (χ1) is 9.77. The van der Waals surface area contributed by atoms with E-state index in [0.29, 0.717) is 0 Å². The first kappa shape index (κ1) is 19.9. The van der Waals surface area contributed by atoms with Gasteiger partial charge < -0.3 is 15.5 Å². The summed E-state index contributed by atoms with van der Waals surface area (Å²) in [5, 5.41) is 20.3. The Morgan fingerprint density at radius 3 is 1.45 bits per heavy atom. The minimum Gasteiger partial charge on any atom is -0.367 e. The van der Waals surface area contributed by atoms with E-state index >= 15 is 0 Å². The third kappa shape index (κ3) is 17.9. The van der Waals surface area contributed by atoms with Crippen molar-refractivity contribution in [2.24, 2.45) is 0 Å². The van der Waals surface area contributed by atoms with Gasteiger partial charge in [-0.25, -0.2) is 0 Å². The highest BCUT2D eigenvalue weighted by atomic mass is 16.5. The first-order valence-corrected chi connectivity index (χ1v) is 8.84. The van der Waals surface area contributed by atoms with Crippen molar-refractivity contribution in [1.29, 1.82) is 0 Å². The normalized spacial score (nSPS) is 11.4. The number of nitrogens with one attached hydrogen (secondary N) is 1. The second-order valence-corrected chi connectivity index (χ2v) is 5.93. The summed E-state index contributed by atoms with van der Waals surface area (Å²) in [6.45, 7) is 3.46. The van der Waals surface area contributed by atoms with E-state index in [1.165, 1.54) is 77.0 Å². The second kappa shape index (κ2) is 16.9. The van der Waals surface area contributed by atoms with Crippen LogP contribution in [0.1, 0.15) is 90.4 Å². The van der Waals surface area contributed by atoms with E-state index in [-0.39, 0.29) is 6.54 Å². The highest BCUT2D eigenvalue weighted by molar-refractivity contribution is 4.51. The van der Waals surface area contributed by atoms with Gasteiger partial charge in [0.05, 0.1) is 0 Å². The summed E-state index contributed by atoms with van der Waals surface area (Å²) in [5.74, 6) is 0. The Kier molecular flexibility index (Phi) is 16.8. The lowest BCUT2D eigenvalue weighted by molar-refractivity contribution is -0.0370. The summed E-state index contributed by atoms with van der Waals surface area (Å²) in [4.78, 5) is 0. The van der Waals surface area contributed by atoms with Crippen molar-refractivity contribution in [3.63, 3.8) is 0 Å². The van der Waals surface area contributed by atoms with Crippen molar-refractivity contribution >= 4 is 0 Å². The Balaban J connectivity index is 2.92. The third-order valence-electron chi connectivity index (χ3n) is 3.78. The van der Waals surface area contributed by atoms with Crippen LogP contribution in [0.15, 0.2) is 0 Å². The molecule has 3 nitrogen and oxygen atoms in total. The van der Waals surface area contributed by atoms with Crippen LogP contribution >= 0.6 is 0 Å². The summed E-state index contributed by atoms with van der Waals surface area (Å²) in [7, 11) is 0. The SMILES string of the molecule is CCCCCCCCCCCCCCCNCC(O)O. The van der Waals surface area contributed by atoms with Gasteiger partial charge in [-0.1, -0.05) is 84.0 Å². The second-order valence-electron chi connectivity index (χ2n) is 5.93. The maximum Gasteiger partial charge on any atom is 0.164 e. The Hall–Kier alpha value is -0.120. The predicted octanol–water partition coefficient (Wildman–Crippen LogP) is 3.98. The summed E-state index contributed by atoms with van der Waals surface area (Å²) >= 11 is 0. The minimum atomic E-state index is -1.21. The molecule has 0 atom stereocenters. The van der Waals surface area contributed by atoms with Crippen LogP contribution in [0.3, 0.4) is 0 Å². The van der Waals surface area contributed by atoms with Crippen LogP contribution in [0.2, 0.25) is 0 Å². The average molecular weight is 287 g/mol. The monoisotopic (exact) mass is 287 g/mol. The molecule has 20 heavy (non-hydrogen) atoms. The van der Waals surface area contributed by atoms with Crippen molar-refractivity contribution in [2.75, 3.05) is 13.1 Å². The number of unbranched alkanes of at least 4 members (excludes halogenated alkanes) is 12. The number of aliphatic hydroxyl groups excluding tert-OH is 1. The molecule has 0 aliphatic heterocycles. The van der Waals surface area contributed by atoms with Crippen LogP contribution < -0.4 is 5.32 Å². The van der Waals surface area contributed by atoms with Gasteiger partial charge in [-0.05, 0) is 13.0 Å². The van der Waals surface area contributed by atoms with Gasteiger partial charge in [-0.3, -0.25) is 0 Å². The standard InChI is InChI=1S/C17H37NO2/c1-2-3-4-5-6-7-8-9-10-11-12-13-14-15-18-16-17(19)20/h17-20H,2-16H2,1H3. The van der Waals surface area contributed by atoms with Gasteiger partial charge in [0.15, 0.2) is 6.29 Å². The molecule has 3 N–H and O–H groups in total. The molecule has 0 spiro atoms. The molecule has 0 aliphatic rings. The molecule has 3 heteroatoms. The van der Waals surface area contributed by atoms with Crippen LogP contribution in [-0.2, 0) is 0 Å². The zero-order chi connectivity index (χ0) is 14.9. The van der Waals surface area contributed by atoms with E-state index in [1.807, 2.05) is 0 Å². The zero-order valence-corrected chi connectivity index (χ0v) is 13.6. The van der Waals surface area contributed by atoms with E-state index in [4.69, 9.17) is 10.2 Å². The Morgan fingerprint density at radius 1 is 0.650 bits per heavy atom. The van der Waals surface area contributed by atoms with Crippen LogP contribution in [-0.4, -0.2) is 29.6 Å². The molecule has 0 fully saturated rings. The molecule has 0 aromatic rings. The summed E-state index contributed by atoms with van der Waals surface area (Å²) in [6, 6.07) is 0. The Morgan fingerprint density at radius 2 is 1.05 bits per heavy atom. The van der Waals surface area contributed by atoms with Crippen molar-refractivity contribution in [1.82, 2.24) is 5.32 Å². The highest BCUT2D eigenvalue weighted by Gasteiger charge is 1.96. The van der Waals surface area contributed by atoms with Crippen molar-refractivity contribution in [3.8, 4) is 0 Å². The number of hydrogen-bond acceptors (Lipinski definition) is 3. The fourth-order valence-electron chi connectivity index (χ4n) is 2.50. The minimum absolute atomic E-state index is 0.290. The van der Waals surface area contributed by atoms with Crippen molar-refractivity contribution < 1.29 is 10.2 Å². The molecule has 0 rings (SSSR count). The molecule has 0 aromatic carbocycles. The van der Waals surface area contributed by atoms with Crippen LogP contribution in [0.25, 0.3) is 0 Å². The molecule has 0 saturated heterocycles. The molecule has 0 aromatic heterocycles. The van der Waals surface area contributed by atoms with E-state index < -0.39 is 6.29 Å². The zero-order valence-electron chi connectivity index (χ0n) is 13.6. The largest absolute Gasteiger partial charge is 0.367 e. The molecule has 0 bridgehead atoms. The Bertz CT molecular complexity index is 174. The average Bonchev–Trinajstić information content (AvgIpc) is 2.43. The molecule has 0 aliphatic carbocycles. The van der Waals surface area contributed by atoms with Gasteiger partial charge in [-0.15, -0.1) is 0 Å². The summed E-state index contributed by atoms with van der Waals surface area (Å²) < 4.78 is 0. The Labute approximate surface area is 126 Å². The quantitative estimate of drug-likeness (QED) is 0.297. The van der Waals surface area contributed by atoms with Crippen LogP contribution in [0.4, 0.5) is 0 Å². The fourth-order valence-corrected chi connectivity index (χ4v) is 2.50. The van der Waals surface area contributed by atoms with E-state index in [0.717, 1.165) is 13.0 Å². The van der Waals surface area contributed by atoms with Gasteiger partial charge >= 0.3 is 0 Å².